The highest BCUT2D eigenvalue weighted by atomic mass is 16.6. The third kappa shape index (κ3) is 4.67. The van der Waals surface area contributed by atoms with Crippen LogP contribution in [-0.2, 0) is 9.53 Å². The Balaban J connectivity index is 1.52. The molecule has 3 rings (SSSR count). The molecule has 130 valence electrons. The number of amides is 1. The van der Waals surface area contributed by atoms with Crippen molar-refractivity contribution in [2.75, 3.05) is 26.3 Å². The summed E-state index contributed by atoms with van der Waals surface area (Å²) in [7, 11) is 0. The number of nitrogens with zero attached hydrogens (tertiary/aromatic N) is 2. The number of benzene rings is 1. The van der Waals surface area contributed by atoms with Gasteiger partial charge in [0.05, 0.1) is 11.0 Å². The Kier molecular flexibility index (Phi) is 5.30. The number of non-ortho nitro benzene ring substituents is 1. The number of ether oxygens (including phenoxy) is 2. The standard InChI is InChI=1S/C17H22N2O5/c20-17(12-24-15-7-5-14(6-8-15)19(21)22)18(10-13-3-4-13)11-16-2-1-9-23-16/h5-8,13,16H,1-4,9-12H2. The first kappa shape index (κ1) is 16.7. The van der Waals surface area contributed by atoms with Crippen LogP contribution < -0.4 is 4.74 Å². The van der Waals surface area contributed by atoms with E-state index in [9.17, 15) is 14.9 Å². The molecule has 0 bridgehead atoms. The first-order valence-corrected chi connectivity index (χ1v) is 8.38. The predicted molar refractivity (Wildman–Crippen MR) is 86.9 cm³/mol. The van der Waals surface area contributed by atoms with E-state index in [2.05, 4.69) is 0 Å². The largest absolute Gasteiger partial charge is 0.484 e. The van der Waals surface area contributed by atoms with Gasteiger partial charge in [-0.3, -0.25) is 14.9 Å². The molecule has 0 radical (unpaired) electrons. The molecule has 0 aromatic heterocycles. The van der Waals surface area contributed by atoms with Gasteiger partial charge in [0.1, 0.15) is 5.75 Å². The number of rotatable bonds is 8. The van der Waals surface area contributed by atoms with Crippen LogP contribution in [0.5, 0.6) is 5.75 Å². The molecule has 1 saturated carbocycles. The van der Waals surface area contributed by atoms with Crippen LogP contribution >= 0.6 is 0 Å². The summed E-state index contributed by atoms with van der Waals surface area (Å²) < 4.78 is 11.1. The maximum atomic E-state index is 12.5. The van der Waals surface area contributed by atoms with Gasteiger partial charge in [-0.15, -0.1) is 0 Å². The lowest BCUT2D eigenvalue weighted by atomic mass is 10.2. The third-order valence-corrected chi connectivity index (χ3v) is 4.39. The van der Waals surface area contributed by atoms with Crippen LogP contribution in [-0.4, -0.2) is 48.1 Å². The van der Waals surface area contributed by atoms with E-state index in [0.717, 1.165) is 26.0 Å². The molecule has 7 heteroatoms. The molecule has 1 unspecified atom stereocenters. The zero-order valence-electron chi connectivity index (χ0n) is 13.6. The minimum atomic E-state index is -0.464. The molecule has 1 aromatic rings. The van der Waals surface area contributed by atoms with Gasteiger partial charge in [0, 0.05) is 31.8 Å². The van der Waals surface area contributed by atoms with Crippen molar-refractivity contribution < 1.29 is 19.2 Å². The molecular formula is C17H22N2O5. The zero-order chi connectivity index (χ0) is 16.9. The minimum Gasteiger partial charge on any atom is -0.484 e. The van der Waals surface area contributed by atoms with Gasteiger partial charge in [0.2, 0.25) is 0 Å². The second-order valence-electron chi connectivity index (χ2n) is 6.42. The average molecular weight is 334 g/mol. The Labute approximate surface area is 140 Å². The molecule has 1 aromatic carbocycles. The Morgan fingerprint density at radius 2 is 2.00 bits per heavy atom. The molecule has 0 N–H and O–H groups in total. The van der Waals surface area contributed by atoms with Crippen molar-refractivity contribution in [1.29, 1.82) is 0 Å². The molecule has 2 aliphatic rings. The van der Waals surface area contributed by atoms with Crippen molar-refractivity contribution in [3.8, 4) is 5.75 Å². The van der Waals surface area contributed by atoms with Crippen LogP contribution in [0, 0.1) is 16.0 Å². The molecule has 0 spiro atoms. The van der Waals surface area contributed by atoms with Crippen LogP contribution in [0.15, 0.2) is 24.3 Å². The Morgan fingerprint density at radius 1 is 1.25 bits per heavy atom. The van der Waals surface area contributed by atoms with Crippen LogP contribution in [0.1, 0.15) is 25.7 Å². The van der Waals surface area contributed by atoms with Gasteiger partial charge in [0.15, 0.2) is 6.61 Å². The summed E-state index contributed by atoms with van der Waals surface area (Å²) in [6.45, 7) is 2.11. The van der Waals surface area contributed by atoms with Crippen molar-refractivity contribution in [2.24, 2.45) is 5.92 Å². The molecule has 1 saturated heterocycles. The Bertz CT molecular complexity index is 579. The number of hydrogen-bond acceptors (Lipinski definition) is 5. The topological polar surface area (TPSA) is 81.9 Å². The molecule has 1 aliphatic carbocycles. The molecule has 7 nitrogen and oxygen atoms in total. The summed E-state index contributed by atoms with van der Waals surface area (Å²) in [6, 6.07) is 5.76. The van der Waals surface area contributed by atoms with Crippen molar-refractivity contribution in [3.05, 3.63) is 34.4 Å². The second kappa shape index (κ2) is 7.61. The summed E-state index contributed by atoms with van der Waals surface area (Å²) in [5.74, 6) is 1.00. The Hall–Kier alpha value is -2.15. The lowest BCUT2D eigenvalue weighted by Crippen LogP contribution is -2.41. The summed E-state index contributed by atoms with van der Waals surface area (Å²) >= 11 is 0. The van der Waals surface area contributed by atoms with Crippen LogP contribution in [0.2, 0.25) is 0 Å². The maximum absolute atomic E-state index is 12.5. The lowest BCUT2D eigenvalue weighted by Gasteiger charge is -2.25. The Morgan fingerprint density at radius 3 is 2.58 bits per heavy atom. The van der Waals surface area contributed by atoms with Crippen LogP contribution in [0.3, 0.4) is 0 Å². The second-order valence-corrected chi connectivity index (χ2v) is 6.42. The van der Waals surface area contributed by atoms with Gasteiger partial charge in [-0.05, 0) is 43.7 Å². The van der Waals surface area contributed by atoms with Crippen LogP contribution in [0.25, 0.3) is 0 Å². The SMILES string of the molecule is O=C(COc1ccc([N+](=O)[O-])cc1)N(CC1CC1)CC1CCCO1. The van der Waals surface area contributed by atoms with Crippen molar-refractivity contribution >= 4 is 11.6 Å². The minimum absolute atomic E-state index is 0.00224. The van der Waals surface area contributed by atoms with Crippen molar-refractivity contribution in [1.82, 2.24) is 4.90 Å². The van der Waals surface area contributed by atoms with Crippen molar-refractivity contribution in [3.63, 3.8) is 0 Å². The molecule has 2 fully saturated rings. The fourth-order valence-corrected chi connectivity index (χ4v) is 2.82. The number of hydrogen-bond donors (Lipinski definition) is 0. The van der Waals surface area contributed by atoms with E-state index in [-0.39, 0.29) is 24.3 Å². The van der Waals surface area contributed by atoms with Gasteiger partial charge in [-0.2, -0.15) is 0 Å². The number of carbonyl (C=O) groups is 1. The zero-order valence-corrected chi connectivity index (χ0v) is 13.6. The van der Waals surface area contributed by atoms with Crippen LogP contribution in [0.4, 0.5) is 5.69 Å². The van der Waals surface area contributed by atoms with Gasteiger partial charge in [-0.1, -0.05) is 0 Å². The summed E-state index contributed by atoms with van der Waals surface area (Å²) in [6.07, 6.45) is 4.54. The summed E-state index contributed by atoms with van der Waals surface area (Å²) in [4.78, 5) is 24.5. The predicted octanol–water partition coefficient (Wildman–Crippen LogP) is 2.39. The molecular weight excluding hydrogens is 312 g/mol. The highest BCUT2D eigenvalue weighted by Crippen LogP contribution is 2.30. The van der Waals surface area contributed by atoms with Gasteiger partial charge in [-0.25, -0.2) is 0 Å². The van der Waals surface area contributed by atoms with E-state index in [4.69, 9.17) is 9.47 Å². The van der Waals surface area contributed by atoms with E-state index in [1.807, 2.05) is 4.90 Å². The molecule has 1 amide bonds. The average Bonchev–Trinajstić information content (AvgIpc) is 3.25. The summed E-state index contributed by atoms with van der Waals surface area (Å²) in [5, 5.41) is 10.6. The number of carbonyl (C=O) groups excluding carboxylic acids is 1. The fraction of sp³-hybridized carbons (Fsp3) is 0.588. The van der Waals surface area contributed by atoms with Crippen molar-refractivity contribution in [2.45, 2.75) is 31.8 Å². The van der Waals surface area contributed by atoms with Gasteiger partial charge < -0.3 is 14.4 Å². The van der Waals surface area contributed by atoms with E-state index >= 15 is 0 Å². The number of nitro benzene ring substituents is 1. The number of nitro groups is 1. The van der Waals surface area contributed by atoms with E-state index < -0.39 is 4.92 Å². The van der Waals surface area contributed by atoms with Gasteiger partial charge in [0.25, 0.3) is 11.6 Å². The molecule has 1 atom stereocenters. The lowest BCUT2D eigenvalue weighted by molar-refractivity contribution is -0.384. The maximum Gasteiger partial charge on any atom is 0.269 e. The monoisotopic (exact) mass is 334 g/mol. The molecule has 1 heterocycles. The quantitative estimate of drug-likeness (QED) is 0.538. The van der Waals surface area contributed by atoms with E-state index in [1.165, 1.54) is 37.1 Å². The third-order valence-electron chi connectivity index (χ3n) is 4.39. The van der Waals surface area contributed by atoms with Gasteiger partial charge >= 0.3 is 0 Å². The highest BCUT2D eigenvalue weighted by Gasteiger charge is 2.29. The molecule has 24 heavy (non-hydrogen) atoms. The highest BCUT2D eigenvalue weighted by molar-refractivity contribution is 5.77. The smallest absolute Gasteiger partial charge is 0.269 e. The molecule has 1 aliphatic heterocycles. The van der Waals surface area contributed by atoms with E-state index in [0.29, 0.717) is 18.2 Å². The fourth-order valence-electron chi connectivity index (χ4n) is 2.82. The first-order chi connectivity index (χ1) is 11.6. The first-order valence-electron chi connectivity index (χ1n) is 8.38. The summed E-state index contributed by atoms with van der Waals surface area (Å²) in [5.41, 5.74) is 0.00224. The normalized spacial score (nSPS) is 19.9. The van der Waals surface area contributed by atoms with E-state index in [1.54, 1.807) is 0 Å².